The van der Waals surface area contributed by atoms with E-state index in [1.54, 1.807) is 0 Å². The van der Waals surface area contributed by atoms with Crippen LogP contribution in [0, 0.1) is 0 Å². The van der Waals surface area contributed by atoms with Crippen LogP contribution in [-0.4, -0.2) is 82.3 Å². The Morgan fingerprint density at radius 2 is 0.687 bits per heavy atom. The Hall–Kier alpha value is -3.01. The molecule has 2 atom stereocenters. The average Bonchev–Trinajstić information content (AvgIpc) is 3.46. The van der Waals surface area contributed by atoms with E-state index in [2.05, 4.69) is 74.6 Å². The predicted octanol–water partition coefficient (Wildman–Crippen LogP) is 20.6. The van der Waals surface area contributed by atoms with Crippen molar-refractivity contribution in [3.05, 3.63) is 60.8 Å². The maximum atomic E-state index is 12.9. The van der Waals surface area contributed by atoms with E-state index in [9.17, 15) is 19.5 Å². The summed E-state index contributed by atoms with van der Waals surface area (Å²) in [5.41, 5.74) is 0. The first-order valence-electron chi connectivity index (χ1n) is 35.4. The van der Waals surface area contributed by atoms with Gasteiger partial charge in [-0.15, -0.1) is 0 Å². The zero-order chi connectivity index (χ0) is 60.5. The number of carbonyl (C=O) groups excluding carboxylic acids is 3. The number of aliphatic carboxylic acids is 1. The van der Waals surface area contributed by atoms with Gasteiger partial charge in [-0.25, -0.2) is 0 Å². The lowest BCUT2D eigenvalue weighted by molar-refractivity contribution is -0.870. The number of carboxylic acids is 1. The lowest BCUT2D eigenvalue weighted by Crippen LogP contribution is -2.44. The van der Waals surface area contributed by atoms with Gasteiger partial charge >= 0.3 is 11.9 Å². The van der Waals surface area contributed by atoms with Crippen LogP contribution in [0.4, 0.5) is 0 Å². The SMILES string of the molecule is CC/C=C\C/C=C\C/C=C\CCCCCCCCCC(=O)OC(COC(=O)CCCCCCCCCCCCCCCCCCCCCCCCCCCCCCC/C=C\C/C=C\CCCCCCC)COC(OCC[N+](C)(C)C)C(=O)[O-]. The molecular formula is C74H135NO8. The number of likely N-dealkylation sites (N-methyl/N-ethyl adjacent to an activating group) is 1. The highest BCUT2D eigenvalue weighted by Gasteiger charge is 2.22. The summed E-state index contributed by atoms with van der Waals surface area (Å²) >= 11 is 0. The van der Waals surface area contributed by atoms with Gasteiger partial charge < -0.3 is 33.3 Å². The molecule has 0 spiro atoms. The second-order valence-electron chi connectivity index (χ2n) is 25.1. The molecule has 83 heavy (non-hydrogen) atoms. The van der Waals surface area contributed by atoms with Crippen molar-refractivity contribution in [2.45, 2.75) is 347 Å². The number of carbonyl (C=O) groups is 3. The summed E-state index contributed by atoms with van der Waals surface area (Å²) in [7, 11) is 5.93. The average molecular weight is 1170 g/mol. The summed E-state index contributed by atoms with van der Waals surface area (Å²) < 4.78 is 22.7. The van der Waals surface area contributed by atoms with Gasteiger partial charge in [0.15, 0.2) is 12.4 Å². The van der Waals surface area contributed by atoms with Gasteiger partial charge in [0.1, 0.15) is 13.2 Å². The summed E-state index contributed by atoms with van der Waals surface area (Å²) in [5, 5.41) is 11.8. The van der Waals surface area contributed by atoms with Gasteiger partial charge in [0, 0.05) is 12.8 Å². The van der Waals surface area contributed by atoms with E-state index < -0.39 is 24.3 Å². The molecular weight excluding hydrogens is 1030 g/mol. The molecule has 0 aliphatic rings. The van der Waals surface area contributed by atoms with E-state index in [0.717, 1.165) is 70.6 Å². The molecule has 0 rings (SSSR count). The topological polar surface area (TPSA) is 111 Å². The van der Waals surface area contributed by atoms with Gasteiger partial charge in [-0.05, 0) is 77.0 Å². The van der Waals surface area contributed by atoms with Crippen LogP contribution in [0.5, 0.6) is 0 Å². The number of unbranched alkanes of at least 4 members (excludes halogenated alkanes) is 41. The molecule has 0 aromatic rings. The van der Waals surface area contributed by atoms with Gasteiger partial charge in [0.05, 0.1) is 40.3 Å². The predicted molar refractivity (Wildman–Crippen MR) is 352 cm³/mol. The van der Waals surface area contributed by atoms with Crippen molar-refractivity contribution in [3.8, 4) is 0 Å². The van der Waals surface area contributed by atoms with Crippen molar-refractivity contribution in [1.82, 2.24) is 0 Å². The number of quaternary nitrogens is 1. The zero-order valence-electron chi connectivity index (χ0n) is 55.3. The summed E-state index contributed by atoms with van der Waals surface area (Å²) in [6.45, 7) is 4.65. The van der Waals surface area contributed by atoms with E-state index in [1.807, 2.05) is 21.1 Å². The molecule has 9 heteroatoms. The fourth-order valence-electron chi connectivity index (χ4n) is 10.4. The number of allylic oxidation sites excluding steroid dienone is 10. The standard InChI is InChI=1S/C74H135NO8/c1-6-8-10-12-14-16-18-20-22-24-25-26-27-28-29-30-31-32-33-34-35-36-37-38-39-40-41-42-43-44-45-46-47-49-50-52-54-56-58-60-62-64-71(76)81-68-70(69-82-74(73(78)79)80-67-66-75(3,4)5)83-72(77)65-63-61-59-57-55-53-51-48-23-21-19-17-15-13-11-9-7-2/h9,11,15,17-18,20-21,23-25,70,74H,6-8,10,12-14,16,19,22,26-69H2,1-5H3/b11-9-,17-15-,20-18-,23-21-,25-24-. The Bertz CT molecular complexity index is 1550. The maximum Gasteiger partial charge on any atom is 0.306 e. The highest BCUT2D eigenvalue weighted by Crippen LogP contribution is 2.18. The fraction of sp³-hybridized carbons (Fsp3) is 0.824. The van der Waals surface area contributed by atoms with Crippen LogP contribution in [0.2, 0.25) is 0 Å². The van der Waals surface area contributed by atoms with Gasteiger partial charge in [-0.2, -0.15) is 0 Å². The first-order valence-corrected chi connectivity index (χ1v) is 35.4. The van der Waals surface area contributed by atoms with Crippen molar-refractivity contribution in [3.63, 3.8) is 0 Å². The summed E-state index contributed by atoms with van der Waals surface area (Å²) in [6, 6.07) is 0. The normalized spacial score (nSPS) is 13.0. The first-order chi connectivity index (χ1) is 40.6. The third kappa shape index (κ3) is 66.4. The number of hydrogen-bond acceptors (Lipinski definition) is 8. The zero-order valence-corrected chi connectivity index (χ0v) is 55.3. The Labute approximate surface area is 514 Å². The van der Waals surface area contributed by atoms with Crippen molar-refractivity contribution in [2.24, 2.45) is 0 Å². The van der Waals surface area contributed by atoms with Gasteiger partial charge in [0.2, 0.25) is 0 Å². The van der Waals surface area contributed by atoms with E-state index in [0.29, 0.717) is 23.9 Å². The fourth-order valence-corrected chi connectivity index (χ4v) is 10.4. The van der Waals surface area contributed by atoms with Crippen molar-refractivity contribution in [2.75, 3.05) is 47.5 Å². The van der Waals surface area contributed by atoms with Gasteiger partial charge in [-0.1, -0.05) is 306 Å². The molecule has 0 saturated heterocycles. The molecule has 0 aromatic carbocycles. The molecule has 0 radical (unpaired) electrons. The molecule has 0 amide bonds. The van der Waals surface area contributed by atoms with Crippen LogP contribution in [0.25, 0.3) is 0 Å². The molecule has 0 aromatic heterocycles. The minimum atomic E-state index is -1.62. The second kappa shape index (κ2) is 65.0. The molecule has 0 bridgehead atoms. The number of carboxylic acid groups (broad SMARTS) is 1. The van der Waals surface area contributed by atoms with Crippen LogP contribution in [0.3, 0.4) is 0 Å². The van der Waals surface area contributed by atoms with E-state index in [-0.39, 0.29) is 32.2 Å². The van der Waals surface area contributed by atoms with E-state index in [1.165, 1.54) is 231 Å². The molecule has 0 aliphatic carbocycles. The molecule has 0 saturated carbocycles. The van der Waals surface area contributed by atoms with Crippen molar-refractivity contribution < 1.29 is 42.9 Å². The van der Waals surface area contributed by atoms with E-state index in [4.69, 9.17) is 18.9 Å². The van der Waals surface area contributed by atoms with Crippen LogP contribution in [0.15, 0.2) is 60.8 Å². The van der Waals surface area contributed by atoms with Gasteiger partial charge in [-0.3, -0.25) is 9.59 Å². The van der Waals surface area contributed by atoms with Crippen LogP contribution >= 0.6 is 0 Å². The number of rotatable bonds is 66. The molecule has 0 N–H and O–H groups in total. The van der Waals surface area contributed by atoms with Crippen molar-refractivity contribution in [1.29, 1.82) is 0 Å². The number of nitrogens with zero attached hydrogens (tertiary/aromatic N) is 1. The van der Waals surface area contributed by atoms with E-state index >= 15 is 0 Å². The third-order valence-corrected chi connectivity index (χ3v) is 15.7. The highest BCUT2D eigenvalue weighted by molar-refractivity contribution is 5.70. The Kier molecular flexibility index (Phi) is 62.6. The van der Waals surface area contributed by atoms with Gasteiger partial charge in [0.25, 0.3) is 0 Å². The van der Waals surface area contributed by atoms with Crippen molar-refractivity contribution >= 4 is 17.9 Å². The largest absolute Gasteiger partial charge is 0.545 e. The highest BCUT2D eigenvalue weighted by atomic mass is 16.7. The lowest BCUT2D eigenvalue weighted by atomic mass is 10.0. The molecule has 9 nitrogen and oxygen atoms in total. The molecule has 0 heterocycles. The Balaban J connectivity index is 3.90. The number of esters is 2. The smallest absolute Gasteiger partial charge is 0.306 e. The van der Waals surface area contributed by atoms with Crippen LogP contribution in [0.1, 0.15) is 335 Å². The summed E-state index contributed by atoms with van der Waals surface area (Å²) in [5.74, 6) is -2.28. The molecule has 484 valence electrons. The molecule has 2 unspecified atom stereocenters. The Morgan fingerprint density at radius 3 is 1.02 bits per heavy atom. The maximum absolute atomic E-state index is 12.9. The number of hydrogen-bond donors (Lipinski definition) is 0. The lowest BCUT2D eigenvalue weighted by Gasteiger charge is -2.26. The first kappa shape index (κ1) is 80.0. The minimum Gasteiger partial charge on any atom is -0.545 e. The summed E-state index contributed by atoms with van der Waals surface area (Å²) in [4.78, 5) is 37.4. The van der Waals surface area contributed by atoms with Crippen LogP contribution in [-0.2, 0) is 33.3 Å². The third-order valence-electron chi connectivity index (χ3n) is 15.7. The summed E-state index contributed by atoms with van der Waals surface area (Å²) in [6.07, 6.45) is 81.9. The van der Waals surface area contributed by atoms with Crippen LogP contribution < -0.4 is 5.11 Å². The minimum absolute atomic E-state index is 0.146. The monoisotopic (exact) mass is 1170 g/mol. The molecule has 0 fully saturated rings. The second-order valence-corrected chi connectivity index (χ2v) is 25.1. The molecule has 0 aliphatic heterocycles. The number of ether oxygens (including phenoxy) is 4. The quantitative estimate of drug-likeness (QED) is 0.0195. The Morgan fingerprint density at radius 1 is 0.373 bits per heavy atom.